The molecule has 3 aromatic rings. The van der Waals surface area contributed by atoms with Gasteiger partial charge in [0.15, 0.2) is 11.5 Å². The third-order valence-electron chi connectivity index (χ3n) is 3.52. The van der Waals surface area contributed by atoms with Crippen LogP contribution in [0.4, 0.5) is 5.69 Å². The second-order valence-corrected chi connectivity index (χ2v) is 5.25. The van der Waals surface area contributed by atoms with Crippen molar-refractivity contribution >= 4 is 11.7 Å². The Morgan fingerprint density at radius 2 is 1.96 bits per heavy atom. The monoisotopic (exact) mass is 331 g/mol. The van der Waals surface area contributed by atoms with E-state index in [-0.39, 0.29) is 11.4 Å². The maximum Gasteiger partial charge on any atom is 0.342 e. The van der Waals surface area contributed by atoms with Gasteiger partial charge in [-0.2, -0.15) is 4.98 Å². The summed E-state index contributed by atoms with van der Waals surface area (Å²) < 4.78 is 5.73. The van der Waals surface area contributed by atoms with Crippen LogP contribution >= 0.6 is 0 Å². The number of ether oxygens (including phenoxy) is 1. The Hall–Kier alpha value is -3.72. The van der Waals surface area contributed by atoms with E-state index < -0.39 is 5.97 Å². The van der Waals surface area contributed by atoms with Crippen LogP contribution in [0.1, 0.15) is 15.9 Å². The van der Waals surface area contributed by atoms with E-state index in [0.29, 0.717) is 17.3 Å². The second-order valence-electron chi connectivity index (χ2n) is 5.25. The van der Waals surface area contributed by atoms with Crippen LogP contribution in [0.15, 0.2) is 54.7 Å². The van der Waals surface area contributed by atoms with Gasteiger partial charge >= 0.3 is 5.97 Å². The summed E-state index contributed by atoms with van der Waals surface area (Å²) in [4.78, 5) is 23.2. The van der Waals surface area contributed by atoms with Crippen LogP contribution in [-0.4, -0.2) is 21.0 Å². The van der Waals surface area contributed by atoms with E-state index in [0.717, 1.165) is 11.1 Å². The number of aryl methyl sites for hydroxylation is 1. The third kappa shape index (κ3) is 3.46. The van der Waals surface area contributed by atoms with Gasteiger partial charge in [-0.15, -0.1) is 0 Å². The van der Waals surface area contributed by atoms with E-state index in [9.17, 15) is 9.90 Å². The number of hydrogen-bond acceptors (Lipinski definition) is 4. The Kier molecular flexibility index (Phi) is 4.40. The minimum absolute atomic E-state index is 0.0633. The van der Waals surface area contributed by atoms with Gasteiger partial charge in [-0.1, -0.05) is 42.5 Å². The first-order valence-electron chi connectivity index (χ1n) is 7.40. The molecule has 0 unspecified atom stereocenters. The summed E-state index contributed by atoms with van der Waals surface area (Å²) in [5.74, 6) is -0.506. The van der Waals surface area contributed by atoms with Gasteiger partial charge < -0.3 is 9.84 Å². The molecule has 0 radical (unpaired) electrons. The van der Waals surface area contributed by atoms with Crippen LogP contribution < -0.4 is 4.74 Å². The highest BCUT2D eigenvalue weighted by atomic mass is 16.5. The van der Waals surface area contributed by atoms with Crippen molar-refractivity contribution in [3.8, 4) is 23.0 Å². The smallest absolute Gasteiger partial charge is 0.342 e. The fourth-order valence-electron chi connectivity index (χ4n) is 2.19. The average Bonchev–Trinajstić information content (AvgIpc) is 2.64. The summed E-state index contributed by atoms with van der Waals surface area (Å²) in [5, 5.41) is 9.37. The first kappa shape index (κ1) is 16.1. The first-order chi connectivity index (χ1) is 12.1. The molecular formula is C19H13N3O3. The molecule has 0 spiro atoms. The summed E-state index contributed by atoms with van der Waals surface area (Å²) in [6, 6.07) is 14.2. The summed E-state index contributed by atoms with van der Waals surface area (Å²) in [6.45, 7) is 8.91. The number of nitrogens with zero attached hydrogens (tertiary/aromatic N) is 3. The Labute approximate surface area is 144 Å². The number of aromatic carboxylic acids is 1. The van der Waals surface area contributed by atoms with Gasteiger partial charge in [-0.05, 0) is 18.6 Å². The van der Waals surface area contributed by atoms with Crippen LogP contribution in [0.5, 0.6) is 11.6 Å². The second kappa shape index (κ2) is 6.81. The number of benzene rings is 2. The van der Waals surface area contributed by atoms with Gasteiger partial charge in [0.05, 0.1) is 6.57 Å². The molecule has 2 aromatic carbocycles. The van der Waals surface area contributed by atoms with Gasteiger partial charge in [0, 0.05) is 11.8 Å². The molecule has 0 fully saturated rings. The van der Waals surface area contributed by atoms with Crippen molar-refractivity contribution in [1.82, 2.24) is 9.97 Å². The molecule has 3 rings (SSSR count). The molecule has 0 aliphatic heterocycles. The maximum absolute atomic E-state index is 11.5. The topological polar surface area (TPSA) is 76.7 Å². The molecular weight excluding hydrogens is 318 g/mol. The van der Waals surface area contributed by atoms with E-state index in [1.165, 1.54) is 6.20 Å². The number of aromatic nitrogens is 2. The lowest BCUT2D eigenvalue weighted by Crippen LogP contribution is -2.05. The lowest BCUT2D eigenvalue weighted by Gasteiger charge is -2.11. The average molecular weight is 331 g/mol. The Balaban J connectivity index is 2.07. The van der Waals surface area contributed by atoms with Gasteiger partial charge in [0.2, 0.25) is 5.88 Å². The number of carboxylic acids is 1. The molecule has 6 nitrogen and oxygen atoms in total. The van der Waals surface area contributed by atoms with E-state index in [1.54, 1.807) is 18.2 Å². The fourth-order valence-corrected chi connectivity index (χ4v) is 2.19. The van der Waals surface area contributed by atoms with Crippen LogP contribution in [0.2, 0.25) is 0 Å². The van der Waals surface area contributed by atoms with Crippen molar-refractivity contribution in [2.75, 3.05) is 0 Å². The van der Waals surface area contributed by atoms with Gasteiger partial charge in [0.1, 0.15) is 11.3 Å². The predicted octanol–water partition coefficient (Wildman–Crippen LogP) is 4.49. The molecule has 0 aliphatic rings. The highest BCUT2D eigenvalue weighted by Crippen LogP contribution is 2.31. The molecule has 0 bridgehead atoms. The van der Waals surface area contributed by atoms with Gasteiger partial charge in [-0.25, -0.2) is 14.6 Å². The number of hydrogen-bond donors (Lipinski definition) is 1. The van der Waals surface area contributed by atoms with E-state index in [2.05, 4.69) is 14.8 Å². The summed E-state index contributed by atoms with van der Waals surface area (Å²) in [5.41, 5.74) is 1.77. The number of carboxylic acid groups (broad SMARTS) is 1. The Bertz CT molecular complexity index is 979. The molecule has 6 heteroatoms. The van der Waals surface area contributed by atoms with Crippen molar-refractivity contribution in [2.24, 2.45) is 0 Å². The molecule has 1 heterocycles. The third-order valence-corrected chi connectivity index (χ3v) is 3.52. The normalized spacial score (nSPS) is 10.1. The minimum atomic E-state index is -1.19. The fraction of sp³-hybridized carbons (Fsp3) is 0.0526. The zero-order valence-corrected chi connectivity index (χ0v) is 13.3. The van der Waals surface area contributed by atoms with Crippen molar-refractivity contribution in [1.29, 1.82) is 0 Å². The zero-order chi connectivity index (χ0) is 17.8. The molecule has 122 valence electrons. The molecule has 1 N–H and O–H groups in total. The lowest BCUT2D eigenvalue weighted by molar-refractivity contribution is 0.0693. The van der Waals surface area contributed by atoms with E-state index in [4.69, 9.17) is 11.3 Å². The molecule has 0 saturated carbocycles. The first-order valence-corrected chi connectivity index (χ1v) is 7.40. The predicted molar refractivity (Wildman–Crippen MR) is 91.9 cm³/mol. The maximum atomic E-state index is 11.5. The SMILES string of the molecule is [C-]#[N+]c1ccc(C)c(Oc2nc(-c3ccccc3)ncc2C(=O)O)c1. The standard InChI is InChI=1S/C19H13N3O3/c1-12-8-9-14(20-2)10-16(12)25-18-15(19(23)24)11-21-17(22-18)13-6-4-3-5-7-13/h3-11H,1H3,(H,23,24). The van der Waals surface area contributed by atoms with Gasteiger partial charge in [0.25, 0.3) is 0 Å². The molecule has 25 heavy (non-hydrogen) atoms. The van der Waals surface area contributed by atoms with E-state index >= 15 is 0 Å². The number of rotatable bonds is 4. The number of carbonyl (C=O) groups is 1. The van der Waals surface area contributed by atoms with Crippen LogP contribution in [0.25, 0.3) is 16.2 Å². The van der Waals surface area contributed by atoms with Crippen LogP contribution in [0.3, 0.4) is 0 Å². The van der Waals surface area contributed by atoms with Crippen molar-refractivity contribution in [3.05, 3.63) is 77.3 Å². The summed E-state index contributed by atoms with van der Waals surface area (Å²) in [7, 11) is 0. The molecule has 0 saturated heterocycles. The lowest BCUT2D eigenvalue weighted by atomic mass is 10.2. The highest BCUT2D eigenvalue weighted by molar-refractivity contribution is 5.90. The quantitative estimate of drug-likeness (QED) is 0.713. The summed E-state index contributed by atoms with van der Waals surface area (Å²) in [6.07, 6.45) is 1.22. The molecule has 0 amide bonds. The van der Waals surface area contributed by atoms with Crippen molar-refractivity contribution < 1.29 is 14.6 Å². The zero-order valence-electron chi connectivity index (χ0n) is 13.3. The summed E-state index contributed by atoms with van der Waals surface area (Å²) >= 11 is 0. The van der Waals surface area contributed by atoms with Gasteiger partial charge in [-0.3, -0.25) is 0 Å². The molecule has 1 aromatic heterocycles. The molecule has 0 atom stereocenters. The highest BCUT2D eigenvalue weighted by Gasteiger charge is 2.17. The molecule has 0 aliphatic carbocycles. The Morgan fingerprint density at radius 3 is 2.64 bits per heavy atom. The van der Waals surface area contributed by atoms with Crippen LogP contribution in [0, 0.1) is 13.5 Å². The minimum Gasteiger partial charge on any atom is -0.477 e. The van der Waals surface area contributed by atoms with E-state index in [1.807, 2.05) is 37.3 Å². The van der Waals surface area contributed by atoms with Crippen molar-refractivity contribution in [3.63, 3.8) is 0 Å². The van der Waals surface area contributed by atoms with Crippen LogP contribution in [-0.2, 0) is 0 Å². The largest absolute Gasteiger partial charge is 0.477 e. The van der Waals surface area contributed by atoms with Crippen molar-refractivity contribution in [2.45, 2.75) is 6.92 Å². The Morgan fingerprint density at radius 1 is 1.20 bits per heavy atom.